The fraction of sp³-hybridized carbons (Fsp3) is 0.600. The standard InChI is InChI=1S/C15H21N5O/c1-9-6-12(10(2)21-9)14-17-15(19-18-14)20-5-3-4-11-7-16-8-13(11)20/h6,11,13,16H,3-5,7-8H2,1-2H3,(H,17,18,19). The number of nitrogens with zero attached hydrogens (tertiary/aromatic N) is 3. The summed E-state index contributed by atoms with van der Waals surface area (Å²) in [5, 5.41) is 11.0. The first-order valence-corrected chi connectivity index (χ1v) is 7.69. The van der Waals surface area contributed by atoms with Gasteiger partial charge < -0.3 is 14.6 Å². The molecule has 2 aliphatic rings. The number of aryl methyl sites for hydroxylation is 2. The van der Waals surface area contributed by atoms with E-state index in [2.05, 4.69) is 20.4 Å². The number of fused-ring (bicyclic) bond motifs is 1. The number of aromatic nitrogens is 3. The minimum absolute atomic E-state index is 0.537. The van der Waals surface area contributed by atoms with E-state index in [4.69, 9.17) is 9.40 Å². The molecule has 0 aromatic carbocycles. The summed E-state index contributed by atoms with van der Waals surface area (Å²) in [6, 6.07) is 2.55. The Hall–Kier alpha value is -1.82. The van der Waals surface area contributed by atoms with Gasteiger partial charge in [-0.3, -0.25) is 5.10 Å². The highest BCUT2D eigenvalue weighted by atomic mass is 16.3. The summed E-state index contributed by atoms with van der Waals surface area (Å²) in [6.45, 7) is 7.12. The van der Waals surface area contributed by atoms with Gasteiger partial charge in [-0.1, -0.05) is 0 Å². The van der Waals surface area contributed by atoms with Crippen LogP contribution < -0.4 is 10.2 Å². The summed E-state index contributed by atoms with van der Waals surface area (Å²) in [6.07, 6.45) is 2.53. The molecular formula is C15H21N5O. The zero-order valence-electron chi connectivity index (χ0n) is 12.5. The molecule has 0 amide bonds. The number of nitrogens with one attached hydrogen (secondary N) is 2. The number of hydrogen-bond donors (Lipinski definition) is 2. The number of H-pyrrole nitrogens is 1. The third-order valence-corrected chi connectivity index (χ3v) is 4.71. The van der Waals surface area contributed by atoms with Crippen molar-refractivity contribution in [1.29, 1.82) is 0 Å². The van der Waals surface area contributed by atoms with Crippen molar-refractivity contribution in [3.05, 3.63) is 17.6 Å². The summed E-state index contributed by atoms with van der Waals surface area (Å²) >= 11 is 0. The maximum Gasteiger partial charge on any atom is 0.245 e. The lowest BCUT2D eigenvalue weighted by Gasteiger charge is -2.36. The van der Waals surface area contributed by atoms with Crippen LogP contribution in [0.1, 0.15) is 24.4 Å². The summed E-state index contributed by atoms with van der Waals surface area (Å²) in [7, 11) is 0. The fourth-order valence-corrected chi connectivity index (χ4v) is 3.68. The fourth-order valence-electron chi connectivity index (χ4n) is 3.68. The molecule has 6 nitrogen and oxygen atoms in total. The van der Waals surface area contributed by atoms with Gasteiger partial charge in [0, 0.05) is 25.7 Å². The van der Waals surface area contributed by atoms with Gasteiger partial charge in [0.2, 0.25) is 5.95 Å². The first-order valence-electron chi connectivity index (χ1n) is 7.69. The molecule has 112 valence electrons. The molecule has 0 aliphatic carbocycles. The van der Waals surface area contributed by atoms with E-state index in [1.54, 1.807) is 0 Å². The van der Waals surface area contributed by atoms with Gasteiger partial charge in [0.15, 0.2) is 5.82 Å². The number of rotatable bonds is 2. The number of hydrogen-bond acceptors (Lipinski definition) is 5. The molecule has 4 rings (SSSR count). The molecule has 4 heterocycles. The minimum Gasteiger partial charge on any atom is -0.466 e. The Morgan fingerprint density at radius 3 is 3.05 bits per heavy atom. The van der Waals surface area contributed by atoms with Crippen LogP contribution in [0.5, 0.6) is 0 Å². The van der Waals surface area contributed by atoms with Gasteiger partial charge in [-0.05, 0) is 38.7 Å². The maximum atomic E-state index is 5.58. The molecule has 2 N–H and O–H groups in total. The Labute approximate surface area is 123 Å². The van der Waals surface area contributed by atoms with Gasteiger partial charge in [0.05, 0.1) is 5.56 Å². The van der Waals surface area contributed by atoms with Crippen molar-refractivity contribution in [2.24, 2.45) is 5.92 Å². The van der Waals surface area contributed by atoms with E-state index in [-0.39, 0.29) is 0 Å². The third kappa shape index (κ3) is 2.14. The molecule has 2 atom stereocenters. The van der Waals surface area contributed by atoms with E-state index in [0.29, 0.717) is 6.04 Å². The first kappa shape index (κ1) is 12.9. The third-order valence-electron chi connectivity index (χ3n) is 4.71. The molecule has 2 fully saturated rings. The summed E-state index contributed by atoms with van der Waals surface area (Å²) in [5.74, 6) is 4.14. The predicted octanol–water partition coefficient (Wildman–Crippen LogP) is 1.87. The van der Waals surface area contributed by atoms with Gasteiger partial charge in [-0.25, -0.2) is 0 Å². The van der Waals surface area contributed by atoms with Crippen molar-refractivity contribution >= 4 is 5.95 Å². The Bertz CT molecular complexity index is 646. The van der Waals surface area contributed by atoms with Crippen molar-refractivity contribution in [1.82, 2.24) is 20.5 Å². The number of furan rings is 1. The normalized spacial score (nSPS) is 25.3. The smallest absolute Gasteiger partial charge is 0.245 e. The van der Waals surface area contributed by atoms with Crippen molar-refractivity contribution < 1.29 is 4.42 Å². The lowest BCUT2D eigenvalue weighted by Crippen LogP contribution is -2.45. The molecule has 21 heavy (non-hydrogen) atoms. The second kappa shape index (κ2) is 4.87. The summed E-state index contributed by atoms with van der Waals surface area (Å²) in [4.78, 5) is 7.07. The van der Waals surface area contributed by atoms with Crippen LogP contribution in [0.4, 0.5) is 5.95 Å². The maximum absolute atomic E-state index is 5.58. The highest BCUT2D eigenvalue weighted by Crippen LogP contribution is 2.30. The Kier molecular flexibility index (Phi) is 2.99. The van der Waals surface area contributed by atoms with Gasteiger partial charge >= 0.3 is 0 Å². The minimum atomic E-state index is 0.537. The van der Waals surface area contributed by atoms with Gasteiger partial charge in [0.25, 0.3) is 0 Å². The van der Waals surface area contributed by atoms with Crippen molar-refractivity contribution in [3.8, 4) is 11.4 Å². The molecule has 2 aromatic heterocycles. The Morgan fingerprint density at radius 1 is 1.33 bits per heavy atom. The van der Waals surface area contributed by atoms with Gasteiger partial charge in [0.1, 0.15) is 11.5 Å². The van der Waals surface area contributed by atoms with Gasteiger partial charge in [-0.15, -0.1) is 5.10 Å². The summed E-state index contributed by atoms with van der Waals surface area (Å²) < 4.78 is 5.58. The number of piperidine rings is 1. The van der Waals surface area contributed by atoms with Crippen LogP contribution in [-0.4, -0.2) is 40.9 Å². The molecule has 2 saturated heterocycles. The molecule has 0 bridgehead atoms. The first-order chi connectivity index (χ1) is 10.2. The van der Waals surface area contributed by atoms with Crippen molar-refractivity contribution in [2.75, 3.05) is 24.5 Å². The molecule has 0 spiro atoms. The largest absolute Gasteiger partial charge is 0.466 e. The van der Waals surface area contributed by atoms with Crippen molar-refractivity contribution in [2.45, 2.75) is 32.7 Å². The number of anilines is 1. The van der Waals surface area contributed by atoms with E-state index < -0.39 is 0 Å². The van der Waals surface area contributed by atoms with Crippen LogP contribution in [-0.2, 0) is 0 Å². The van der Waals surface area contributed by atoms with Crippen LogP contribution in [0.25, 0.3) is 11.4 Å². The second-order valence-corrected chi connectivity index (χ2v) is 6.13. The van der Waals surface area contributed by atoms with E-state index in [9.17, 15) is 0 Å². The molecular weight excluding hydrogens is 266 g/mol. The summed E-state index contributed by atoms with van der Waals surface area (Å²) in [5.41, 5.74) is 1.00. The van der Waals surface area contributed by atoms with Crippen LogP contribution in [0.3, 0.4) is 0 Å². The molecule has 0 saturated carbocycles. The van der Waals surface area contributed by atoms with Crippen LogP contribution in [0.15, 0.2) is 10.5 Å². The average Bonchev–Trinajstić information content (AvgIpc) is 3.17. The Balaban J connectivity index is 1.63. The average molecular weight is 287 g/mol. The highest BCUT2D eigenvalue weighted by molar-refractivity contribution is 5.59. The zero-order valence-corrected chi connectivity index (χ0v) is 12.5. The van der Waals surface area contributed by atoms with Crippen LogP contribution in [0, 0.1) is 19.8 Å². The quantitative estimate of drug-likeness (QED) is 0.882. The lowest BCUT2D eigenvalue weighted by atomic mass is 9.92. The molecule has 0 radical (unpaired) electrons. The van der Waals surface area contributed by atoms with E-state index in [0.717, 1.165) is 54.4 Å². The van der Waals surface area contributed by atoms with Crippen LogP contribution in [0.2, 0.25) is 0 Å². The van der Waals surface area contributed by atoms with Crippen molar-refractivity contribution in [3.63, 3.8) is 0 Å². The van der Waals surface area contributed by atoms with Crippen LogP contribution >= 0.6 is 0 Å². The Morgan fingerprint density at radius 2 is 2.24 bits per heavy atom. The van der Waals surface area contributed by atoms with E-state index in [1.807, 2.05) is 19.9 Å². The second-order valence-electron chi connectivity index (χ2n) is 6.13. The predicted molar refractivity (Wildman–Crippen MR) is 80.3 cm³/mol. The molecule has 2 unspecified atom stereocenters. The molecule has 2 aromatic rings. The highest BCUT2D eigenvalue weighted by Gasteiger charge is 2.36. The van der Waals surface area contributed by atoms with Gasteiger partial charge in [-0.2, -0.15) is 4.98 Å². The van der Waals surface area contributed by atoms with E-state index >= 15 is 0 Å². The number of aromatic amines is 1. The SMILES string of the molecule is Cc1cc(-c2nc(N3CCCC4CNCC43)n[nH]2)c(C)o1. The zero-order chi connectivity index (χ0) is 14.4. The molecule has 2 aliphatic heterocycles. The lowest BCUT2D eigenvalue weighted by molar-refractivity contribution is 0.381. The monoisotopic (exact) mass is 287 g/mol. The van der Waals surface area contributed by atoms with E-state index in [1.165, 1.54) is 12.8 Å². The topological polar surface area (TPSA) is 70.0 Å². The molecule has 6 heteroatoms.